The number of nitrogens with zero attached hydrogens (tertiary/aromatic N) is 1. The number of aliphatic hydroxyl groups is 2. The van der Waals surface area contributed by atoms with Crippen LogP contribution in [0.3, 0.4) is 0 Å². The maximum Gasteiger partial charge on any atom is 0.459 e. The lowest BCUT2D eigenvalue weighted by molar-refractivity contribution is -0.273. The number of hydrogen-bond acceptors (Lipinski definition) is 10. The fourth-order valence-corrected chi connectivity index (χ4v) is 5.69. The van der Waals surface area contributed by atoms with Crippen LogP contribution in [-0.4, -0.2) is 63.6 Å². The third kappa shape index (κ3) is 7.87. The van der Waals surface area contributed by atoms with E-state index in [2.05, 4.69) is 5.09 Å². The number of aromatic nitrogens is 2. The first kappa shape index (κ1) is 31.7. The van der Waals surface area contributed by atoms with E-state index in [9.17, 15) is 29.2 Å². The Morgan fingerprint density at radius 1 is 1.23 bits per heavy atom. The third-order valence-electron chi connectivity index (χ3n) is 6.52. The molecule has 15 heteroatoms. The van der Waals surface area contributed by atoms with Crippen LogP contribution in [0.2, 0.25) is 0 Å². The van der Waals surface area contributed by atoms with E-state index in [-0.39, 0.29) is 11.9 Å². The molecule has 1 aliphatic carbocycles. The van der Waals surface area contributed by atoms with E-state index >= 15 is 4.39 Å². The van der Waals surface area contributed by atoms with Gasteiger partial charge in [0.2, 0.25) is 0 Å². The molecular weight excluding hydrogens is 552 g/mol. The van der Waals surface area contributed by atoms with Gasteiger partial charge in [-0.15, -0.1) is 0 Å². The van der Waals surface area contributed by atoms with E-state index < -0.39 is 55.3 Å². The lowest BCUT2D eigenvalue weighted by atomic mass is 9.98. The van der Waals surface area contributed by atoms with Crippen molar-refractivity contribution in [3.63, 3.8) is 0 Å². The van der Waals surface area contributed by atoms with E-state index in [0.717, 1.165) is 45.6 Å². The predicted molar refractivity (Wildman–Crippen MR) is 140 cm³/mol. The number of benzene rings is 1. The normalized spacial score (nSPS) is 20.4. The summed E-state index contributed by atoms with van der Waals surface area (Å²) in [6, 6.07) is 7.40. The molecule has 222 valence electrons. The highest BCUT2D eigenvalue weighted by atomic mass is 31.2. The van der Waals surface area contributed by atoms with Gasteiger partial charge < -0.3 is 24.2 Å². The number of aromatic amines is 1. The van der Waals surface area contributed by atoms with Crippen LogP contribution in [0.1, 0.15) is 46.0 Å². The average molecular weight is 588 g/mol. The molecule has 2 unspecified atom stereocenters. The Kier molecular flexibility index (Phi) is 10.4. The van der Waals surface area contributed by atoms with Crippen molar-refractivity contribution in [3.05, 3.63) is 63.4 Å². The topological polar surface area (TPSA) is 178 Å². The third-order valence-corrected chi connectivity index (χ3v) is 8.14. The largest absolute Gasteiger partial charge is 0.461 e. The molecular formula is C25H35FN3O10P. The van der Waals surface area contributed by atoms with Gasteiger partial charge in [0.05, 0.1) is 0 Å². The van der Waals surface area contributed by atoms with Gasteiger partial charge in [0.25, 0.3) is 11.4 Å². The van der Waals surface area contributed by atoms with Gasteiger partial charge in [-0.05, 0) is 51.7 Å². The van der Waals surface area contributed by atoms with Gasteiger partial charge in [-0.3, -0.25) is 23.7 Å². The van der Waals surface area contributed by atoms with Crippen LogP contribution in [-0.2, 0) is 29.1 Å². The van der Waals surface area contributed by atoms with Crippen molar-refractivity contribution in [1.82, 2.24) is 14.6 Å². The number of carbonyl (C=O) groups is 1. The summed E-state index contributed by atoms with van der Waals surface area (Å²) in [5.74, 6) is -3.94. The van der Waals surface area contributed by atoms with E-state index in [1.807, 2.05) is 4.98 Å². The number of ether oxygens (including phenoxy) is 2. The first-order valence-electron chi connectivity index (χ1n) is 12.7. The van der Waals surface area contributed by atoms with Gasteiger partial charge in [-0.1, -0.05) is 24.6 Å². The summed E-state index contributed by atoms with van der Waals surface area (Å²) in [5, 5.41) is 24.1. The second-order valence-electron chi connectivity index (χ2n) is 9.69. The zero-order valence-electron chi connectivity index (χ0n) is 22.4. The first-order valence-corrected chi connectivity index (χ1v) is 14.3. The van der Waals surface area contributed by atoms with Gasteiger partial charge in [-0.2, -0.15) is 5.09 Å². The van der Waals surface area contributed by atoms with Gasteiger partial charge in [-0.25, -0.2) is 13.8 Å². The molecule has 1 aromatic heterocycles. The van der Waals surface area contributed by atoms with Crippen LogP contribution in [0.25, 0.3) is 0 Å². The molecule has 13 nitrogen and oxygen atoms in total. The Hall–Kier alpha value is -2.87. The number of halogens is 1. The van der Waals surface area contributed by atoms with Gasteiger partial charge in [0, 0.05) is 19.4 Å². The van der Waals surface area contributed by atoms with Crippen molar-refractivity contribution < 1.29 is 42.5 Å². The van der Waals surface area contributed by atoms with Crippen molar-refractivity contribution in [2.24, 2.45) is 0 Å². The number of esters is 1. The molecule has 5 atom stereocenters. The van der Waals surface area contributed by atoms with Crippen LogP contribution >= 0.6 is 7.75 Å². The SMILES string of the molecule is CO[C@](F)(COP(=O)(NC(C)C(=O)OC1CCCCC1)Oc1ccccc1)[C@@H](O)[C@@](C)(O)n1ccc(=O)[nH]c1=O. The Morgan fingerprint density at radius 3 is 2.48 bits per heavy atom. The summed E-state index contributed by atoms with van der Waals surface area (Å²) in [5.41, 5.74) is -4.60. The molecule has 0 spiro atoms. The van der Waals surface area contributed by atoms with E-state index in [1.54, 1.807) is 18.2 Å². The molecule has 40 heavy (non-hydrogen) atoms. The molecule has 1 heterocycles. The molecule has 0 bridgehead atoms. The summed E-state index contributed by atoms with van der Waals surface area (Å²) in [7, 11) is -3.73. The van der Waals surface area contributed by atoms with E-state index in [1.165, 1.54) is 19.1 Å². The van der Waals surface area contributed by atoms with Crippen molar-refractivity contribution >= 4 is 13.7 Å². The van der Waals surface area contributed by atoms with Crippen LogP contribution in [0.5, 0.6) is 5.75 Å². The quantitative estimate of drug-likeness (QED) is 0.199. The van der Waals surface area contributed by atoms with E-state index in [4.69, 9.17) is 18.5 Å². The molecule has 2 aromatic rings. The van der Waals surface area contributed by atoms with Crippen LogP contribution < -0.4 is 20.9 Å². The van der Waals surface area contributed by atoms with Crippen LogP contribution in [0, 0.1) is 0 Å². The van der Waals surface area contributed by atoms with Crippen LogP contribution in [0.15, 0.2) is 52.2 Å². The monoisotopic (exact) mass is 587 g/mol. The zero-order chi connectivity index (χ0) is 29.6. The molecule has 0 radical (unpaired) electrons. The second kappa shape index (κ2) is 13.2. The number of methoxy groups -OCH3 is 1. The zero-order valence-corrected chi connectivity index (χ0v) is 23.3. The number of alkyl halides is 1. The molecule has 3 rings (SSSR count). The number of aliphatic hydroxyl groups excluding tert-OH is 1. The molecule has 1 aromatic carbocycles. The van der Waals surface area contributed by atoms with Crippen molar-refractivity contribution in [1.29, 1.82) is 0 Å². The Bertz CT molecular complexity index is 1300. The maximum atomic E-state index is 15.9. The predicted octanol–water partition coefficient (Wildman–Crippen LogP) is 1.93. The summed E-state index contributed by atoms with van der Waals surface area (Å²) in [6.45, 7) is 0.976. The molecule has 1 aliphatic rings. The minimum Gasteiger partial charge on any atom is -0.461 e. The highest BCUT2D eigenvalue weighted by Gasteiger charge is 2.52. The van der Waals surface area contributed by atoms with E-state index in [0.29, 0.717) is 17.4 Å². The highest BCUT2D eigenvalue weighted by molar-refractivity contribution is 7.52. The van der Waals surface area contributed by atoms with Gasteiger partial charge in [0.1, 0.15) is 24.5 Å². The molecule has 1 saturated carbocycles. The lowest BCUT2D eigenvalue weighted by Crippen LogP contribution is -2.59. The summed E-state index contributed by atoms with van der Waals surface area (Å²) >= 11 is 0. The standard InChI is InChI=1S/C25H35FN3O10P/c1-17(21(31)38-18-10-6-4-7-11-18)28-40(35,39-19-12-8-5-9-13-19)37-16-25(26,36-3)22(32)24(2,34)29-15-14-20(30)27-23(29)33/h5,8-9,12-15,17-18,22,32,34H,4,6-7,10-11,16H2,1-3H3,(H,28,35)(H,27,30,33)/t17?,22-,24+,25+,40?/m0/s1. The smallest absolute Gasteiger partial charge is 0.459 e. The molecule has 0 aliphatic heterocycles. The maximum absolute atomic E-state index is 15.9. The number of H-pyrrole nitrogens is 1. The Labute approximate surface area is 229 Å². The number of para-hydroxylation sites is 1. The molecule has 4 N–H and O–H groups in total. The number of hydrogen-bond donors (Lipinski definition) is 4. The molecule has 0 amide bonds. The fourth-order valence-electron chi connectivity index (χ4n) is 4.19. The van der Waals surface area contributed by atoms with Crippen molar-refractivity contribution in [2.75, 3.05) is 13.7 Å². The van der Waals surface area contributed by atoms with Gasteiger partial charge >= 0.3 is 19.4 Å². The number of carbonyl (C=O) groups excluding carboxylic acids is 1. The summed E-state index contributed by atoms with van der Waals surface area (Å²) in [4.78, 5) is 38.2. The molecule has 1 fully saturated rings. The highest BCUT2D eigenvalue weighted by Crippen LogP contribution is 2.46. The Balaban J connectivity index is 1.81. The molecule has 0 saturated heterocycles. The number of nitrogens with one attached hydrogen (secondary N) is 2. The summed E-state index contributed by atoms with van der Waals surface area (Å²) in [6.07, 6.45) is 2.37. The summed E-state index contributed by atoms with van der Waals surface area (Å²) < 4.78 is 51.3. The minimum absolute atomic E-state index is 0.0559. The Morgan fingerprint density at radius 2 is 1.88 bits per heavy atom. The van der Waals surface area contributed by atoms with Gasteiger partial charge in [0.15, 0.2) is 11.8 Å². The lowest BCUT2D eigenvalue weighted by Gasteiger charge is -2.38. The minimum atomic E-state index is -4.57. The van der Waals surface area contributed by atoms with Crippen LogP contribution in [0.4, 0.5) is 4.39 Å². The van der Waals surface area contributed by atoms with Crippen molar-refractivity contribution in [2.45, 2.75) is 75.8 Å². The first-order chi connectivity index (χ1) is 18.8. The van der Waals surface area contributed by atoms with Crippen molar-refractivity contribution in [3.8, 4) is 5.75 Å². The second-order valence-corrected chi connectivity index (χ2v) is 11.4. The fraction of sp³-hybridized carbons (Fsp3) is 0.560. The average Bonchev–Trinajstić information content (AvgIpc) is 2.92. The number of rotatable bonds is 13.